The van der Waals surface area contributed by atoms with Crippen molar-refractivity contribution in [1.29, 1.82) is 0 Å². The van der Waals surface area contributed by atoms with Gasteiger partial charge in [-0.15, -0.1) is 11.7 Å². The average Bonchev–Trinajstić information content (AvgIpc) is 2.70. The summed E-state index contributed by atoms with van der Waals surface area (Å²) in [5.74, 6) is 0.928. The lowest BCUT2D eigenvalue weighted by Crippen LogP contribution is -2.41. The normalized spacial score (nSPS) is 18.4. The molecule has 1 spiro atoms. The minimum Gasteiger partial charge on any atom is -0.487 e. The number of rotatable bonds is 3. The molecule has 2 aliphatic rings. The molecule has 4 rings (SSSR count). The lowest BCUT2D eigenvalue weighted by atomic mass is 9.79. The van der Waals surface area contributed by atoms with Crippen LogP contribution in [0.15, 0.2) is 40.4 Å². The van der Waals surface area contributed by atoms with Crippen LogP contribution >= 0.6 is 0 Å². The second kappa shape index (κ2) is 7.70. The van der Waals surface area contributed by atoms with Crippen LogP contribution in [-0.2, 0) is 6.42 Å². The maximum atomic E-state index is 11.7. The van der Waals surface area contributed by atoms with E-state index in [4.69, 9.17) is 9.15 Å². The summed E-state index contributed by atoms with van der Waals surface area (Å²) in [6.45, 7) is 5.96. The van der Waals surface area contributed by atoms with Crippen LogP contribution in [0.2, 0.25) is 0 Å². The van der Waals surface area contributed by atoms with Crippen LogP contribution in [0.4, 0.5) is 4.79 Å². The summed E-state index contributed by atoms with van der Waals surface area (Å²) in [5, 5.41) is 7.72. The Bertz CT molecular complexity index is 971. The van der Waals surface area contributed by atoms with Crippen LogP contribution in [0.3, 0.4) is 0 Å². The zero-order valence-electron chi connectivity index (χ0n) is 16.3. The zero-order valence-corrected chi connectivity index (χ0v) is 16.3. The summed E-state index contributed by atoms with van der Waals surface area (Å²) in [4.78, 5) is 11.7. The second-order valence-electron chi connectivity index (χ2n) is 7.79. The van der Waals surface area contributed by atoms with E-state index < -0.39 is 6.03 Å². The van der Waals surface area contributed by atoms with Crippen molar-refractivity contribution < 1.29 is 13.9 Å². The first-order chi connectivity index (χ1) is 13.6. The molecule has 6 nitrogen and oxygen atoms in total. The Morgan fingerprint density at radius 3 is 2.86 bits per heavy atom. The second-order valence-corrected chi connectivity index (χ2v) is 7.79. The van der Waals surface area contributed by atoms with E-state index in [9.17, 15) is 4.79 Å². The molecule has 1 saturated carbocycles. The Morgan fingerprint density at radius 2 is 2.07 bits per heavy atom. The van der Waals surface area contributed by atoms with Gasteiger partial charge in [-0.25, -0.2) is 10.2 Å². The number of nitrogens with zero attached hydrogens (tertiary/aromatic N) is 1. The van der Waals surface area contributed by atoms with Crippen LogP contribution < -0.4 is 21.0 Å². The molecule has 2 amide bonds. The number of aryl methyl sites for hydroxylation is 2. The summed E-state index contributed by atoms with van der Waals surface area (Å²) in [5.41, 5.74) is 5.80. The van der Waals surface area contributed by atoms with Gasteiger partial charge in [0.25, 0.3) is 0 Å². The van der Waals surface area contributed by atoms with Gasteiger partial charge in [0.05, 0.1) is 0 Å². The number of fused-ring (bicyclic) bond motifs is 2. The van der Waals surface area contributed by atoms with Crippen molar-refractivity contribution in [3.05, 3.63) is 47.5 Å². The molecule has 1 aromatic heterocycles. The van der Waals surface area contributed by atoms with Gasteiger partial charge in [0.2, 0.25) is 5.55 Å². The van der Waals surface area contributed by atoms with Gasteiger partial charge in [0.15, 0.2) is 0 Å². The van der Waals surface area contributed by atoms with Crippen molar-refractivity contribution in [3.8, 4) is 5.75 Å². The average molecular weight is 381 g/mol. The number of nitrogens with one attached hydrogen (secondary N) is 2. The minimum absolute atomic E-state index is 0.000747. The molecule has 148 valence electrons. The van der Waals surface area contributed by atoms with E-state index >= 15 is 0 Å². The Hall–Kier alpha value is -2.76. The molecule has 1 aliphatic carbocycles. The molecule has 2 N–H and O–H groups in total. The largest absolute Gasteiger partial charge is 0.487 e. The van der Waals surface area contributed by atoms with Crippen LogP contribution in [0.1, 0.15) is 49.7 Å². The summed E-state index contributed by atoms with van der Waals surface area (Å²) in [6, 6.07) is 5.59. The summed E-state index contributed by atoms with van der Waals surface area (Å²) in [6.07, 6.45) is 9.82. The Kier molecular flexibility index (Phi) is 5.11. The first kappa shape index (κ1) is 18.6. The summed E-state index contributed by atoms with van der Waals surface area (Å²) in [7, 11) is 0. The Morgan fingerprint density at radius 1 is 1.25 bits per heavy atom. The van der Waals surface area contributed by atoms with E-state index in [1.54, 1.807) is 6.08 Å². The van der Waals surface area contributed by atoms with Crippen molar-refractivity contribution in [2.75, 3.05) is 6.54 Å². The third-order valence-corrected chi connectivity index (χ3v) is 5.76. The summed E-state index contributed by atoms with van der Waals surface area (Å²) >= 11 is 0. The van der Waals surface area contributed by atoms with E-state index in [0.717, 1.165) is 48.0 Å². The van der Waals surface area contributed by atoms with Crippen LogP contribution in [0, 0.1) is 6.92 Å². The van der Waals surface area contributed by atoms with Crippen LogP contribution in [0.25, 0.3) is 11.0 Å². The van der Waals surface area contributed by atoms with Gasteiger partial charge in [-0.2, -0.15) is 0 Å². The van der Waals surface area contributed by atoms with Gasteiger partial charge in [-0.05, 0) is 62.6 Å². The van der Waals surface area contributed by atoms with Gasteiger partial charge in [0, 0.05) is 24.1 Å². The highest BCUT2D eigenvalue weighted by Crippen LogP contribution is 2.43. The van der Waals surface area contributed by atoms with E-state index in [-0.39, 0.29) is 5.60 Å². The minimum atomic E-state index is -0.402. The monoisotopic (exact) mass is 381 g/mol. The van der Waals surface area contributed by atoms with E-state index in [2.05, 4.69) is 28.5 Å². The highest BCUT2D eigenvalue weighted by molar-refractivity contribution is 5.82. The predicted octanol–water partition coefficient (Wildman–Crippen LogP) is 4.07. The van der Waals surface area contributed by atoms with Crippen molar-refractivity contribution >= 4 is 17.0 Å². The molecule has 0 bridgehead atoms. The first-order valence-electron chi connectivity index (χ1n) is 10.0. The Balaban J connectivity index is 1.64. The molecule has 0 atom stereocenters. The molecule has 1 fully saturated rings. The predicted molar refractivity (Wildman–Crippen MR) is 108 cm³/mol. The number of urea groups is 1. The lowest BCUT2D eigenvalue weighted by molar-refractivity contribution is 0.0109. The van der Waals surface area contributed by atoms with E-state index in [0.29, 0.717) is 12.1 Å². The smallest absolute Gasteiger partial charge is 0.335 e. The van der Waals surface area contributed by atoms with E-state index in [1.807, 2.05) is 19.1 Å². The standard InChI is InChI=1S/C22H27N3O3/c1-3-11-23-21(26)25-24-20-12-15(2)17-13-16-7-10-22(8-5-4-6-9-22)28-18(16)14-19(17)27-20/h3,12-14H,1,4-11H2,2H3,(H2,23,25,26)/b24-20+. The molecule has 0 radical (unpaired) electrons. The van der Waals surface area contributed by atoms with Crippen molar-refractivity contribution in [2.45, 2.75) is 57.5 Å². The first-order valence-corrected chi connectivity index (χ1v) is 10.0. The fourth-order valence-electron chi connectivity index (χ4n) is 4.25. The maximum Gasteiger partial charge on any atom is 0.335 e. The third kappa shape index (κ3) is 3.77. The molecule has 6 heteroatoms. The number of hydrogen-bond donors (Lipinski definition) is 2. The highest BCUT2D eigenvalue weighted by atomic mass is 16.5. The van der Waals surface area contributed by atoms with Gasteiger partial charge in [-0.1, -0.05) is 12.5 Å². The van der Waals surface area contributed by atoms with Gasteiger partial charge in [-0.3, -0.25) is 0 Å². The number of carbonyl (C=O) groups excluding carboxylic acids is 1. The number of amides is 2. The molecule has 28 heavy (non-hydrogen) atoms. The van der Waals surface area contributed by atoms with Crippen LogP contribution in [-0.4, -0.2) is 18.2 Å². The lowest BCUT2D eigenvalue weighted by Gasteiger charge is -2.41. The number of carbonyl (C=O) groups is 1. The van der Waals surface area contributed by atoms with Crippen molar-refractivity contribution in [3.63, 3.8) is 0 Å². The molecule has 2 heterocycles. The number of ether oxygens (including phenoxy) is 1. The summed E-state index contributed by atoms with van der Waals surface area (Å²) < 4.78 is 12.4. The number of hydrogen-bond acceptors (Lipinski definition) is 4. The van der Waals surface area contributed by atoms with Crippen molar-refractivity contribution in [1.82, 2.24) is 10.7 Å². The zero-order chi connectivity index (χ0) is 19.6. The molecule has 0 saturated heterocycles. The Labute approximate surface area is 164 Å². The van der Waals surface area contributed by atoms with Gasteiger partial charge < -0.3 is 14.5 Å². The van der Waals surface area contributed by atoms with Crippen LogP contribution in [0.5, 0.6) is 5.75 Å². The van der Waals surface area contributed by atoms with E-state index in [1.165, 1.54) is 24.8 Å². The third-order valence-electron chi connectivity index (χ3n) is 5.76. The maximum absolute atomic E-state index is 11.7. The molecular weight excluding hydrogens is 354 g/mol. The topological polar surface area (TPSA) is 75.9 Å². The molecule has 1 aromatic carbocycles. The highest BCUT2D eigenvalue weighted by Gasteiger charge is 2.37. The molecule has 1 aliphatic heterocycles. The molecule has 0 unspecified atom stereocenters. The van der Waals surface area contributed by atoms with Crippen molar-refractivity contribution in [2.24, 2.45) is 5.10 Å². The fraction of sp³-hybridized carbons (Fsp3) is 0.455. The SMILES string of the molecule is C=CCNC(=O)N/N=c1\cc(C)c2cc3c(cc2o1)OC1(CCCCC1)CC3. The molecule has 2 aromatic rings. The fourth-order valence-corrected chi connectivity index (χ4v) is 4.25. The van der Waals surface area contributed by atoms with Gasteiger partial charge >= 0.3 is 6.03 Å². The number of benzene rings is 1. The molecular formula is C22H27N3O3. The quantitative estimate of drug-likeness (QED) is 0.622. The van der Waals surface area contributed by atoms with Gasteiger partial charge in [0.1, 0.15) is 16.9 Å².